The van der Waals surface area contributed by atoms with E-state index in [2.05, 4.69) is 10.2 Å². The number of hydrogen-bond donors (Lipinski definition) is 1. The van der Waals surface area contributed by atoms with E-state index in [-0.39, 0.29) is 12.5 Å². The molecule has 0 bridgehead atoms. The van der Waals surface area contributed by atoms with Gasteiger partial charge in [0.2, 0.25) is 0 Å². The zero-order chi connectivity index (χ0) is 14.9. The molecule has 4 nitrogen and oxygen atoms in total. The maximum atomic E-state index is 11.2. The van der Waals surface area contributed by atoms with Gasteiger partial charge >= 0.3 is 0 Å². The number of nitrogens with one attached hydrogen (secondary N) is 1. The monoisotopic (exact) mass is 280 g/mol. The second kappa shape index (κ2) is 7.71. The van der Waals surface area contributed by atoms with E-state index in [1.807, 2.05) is 54.6 Å². The quantitative estimate of drug-likeness (QED) is 0.827. The minimum absolute atomic E-state index is 0.127. The van der Waals surface area contributed by atoms with Crippen LogP contribution in [0, 0.1) is 6.57 Å². The highest BCUT2D eigenvalue weighted by Crippen LogP contribution is 2.14. The average Bonchev–Trinajstić information content (AvgIpc) is 2.53. The minimum Gasteiger partial charge on any atom is -0.489 e. The molecule has 21 heavy (non-hydrogen) atoms. The van der Waals surface area contributed by atoms with Crippen LogP contribution < -0.4 is 10.1 Å². The molecule has 1 N–H and O–H groups in total. The highest BCUT2D eigenvalue weighted by molar-refractivity contribution is 5.79. The fraction of sp³-hybridized carbons (Fsp3) is 0.176. The highest BCUT2D eigenvalue weighted by atomic mass is 16.5. The fourth-order valence-electron chi connectivity index (χ4n) is 1.77. The van der Waals surface area contributed by atoms with Crippen LogP contribution in [0.2, 0.25) is 0 Å². The lowest BCUT2D eigenvalue weighted by atomic mass is 10.2. The predicted molar refractivity (Wildman–Crippen MR) is 80.5 cm³/mol. The Morgan fingerprint density at radius 2 is 1.76 bits per heavy atom. The SMILES string of the molecule is [C-]#[N+]CC(=O)NCc1ccc(OCc2ccccc2)cc1. The summed E-state index contributed by atoms with van der Waals surface area (Å²) in [4.78, 5) is 14.2. The van der Waals surface area contributed by atoms with E-state index in [1.165, 1.54) is 0 Å². The van der Waals surface area contributed by atoms with Crippen LogP contribution in [0.5, 0.6) is 5.75 Å². The standard InChI is InChI=1S/C17H16N2O2/c1-18-12-17(20)19-11-14-7-9-16(10-8-14)21-13-15-5-3-2-4-6-15/h2-10H,11-13H2,(H,19,20). The van der Waals surface area contributed by atoms with Crippen molar-refractivity contribution in [3.8, 4) is 5.75 Å². The Labute approximate surface area is 124 Å². The molecule has 0 fully saturated rings. The van der Waals surface area contributed by atoms with Gasteiger partial charge in [-0.1, -0.05) is 42.5 Å². The molecule has 0 heterocycles. The van der Waals surface area contributed by atoms with Crippen LogP contribution in [0.4, 0.5) is 0 Å². The molecule has 0 aliphatic carbocycles. The Bertz CT molecular complexity index is 615. The molecule has 0 saturated carbocycles. The Hall–Kier alpha value is -2.80. The number of nitrogens with zero attached hydrogens (tertiary/aromatic N) is 1. The van der Waals surface area contributed by atoms with Crippen LogP contribution in [0.25, 0.3) is 4.85 Å². The van der Waals surface area contributed by atoms with Crippen LogP contribution in [0.3, 0.4) is 0 Å². The van der Waals surface area contributed by atoms with Crippen molar-refractivity contribution in [2.45, 2.75) is 13.2 Å². The van der Waals surface area contributed by atoms with Crippen LogP contribution in [0.1, 0.15) is 11.1 Å². The van der Waals surface area contributed by atoms with E-state index in [1.54, 1.807) is 0 Å². The summed E-state index contributed by atoms with van der Waals surface area (Å²) in [5.74, 6) is 0.532. The third-order valence-corrected chi connectivity index (χ3v) is 2.88. The van der Waals surface area contributed by atoms with Gasteiger partial charge in [0.15, 0.2) is 0 Å². The molecule has 0 unspecified atom stereocenters. The lowest BCUT2D eigenvalue weighted by Gasteiger charge is -2.07. The van der Waals surface area contributed by atoms with Gasteiger partial charge in [-0.3, -0.25) is 4.79 Å². The van der Waals surface area contributed by atoms with Crippen molar-refractivity contribution in [1.82, 2.24) is 5.32 Å². The molecule has 4 heteroatoms. The summed E-state index contributed by atoms with van der Waals surface area (Å²) in [5, 5.41) is 2.68. The second-order valence-electron chi connectivity index (χ2n) is 4.51. The number of rotatable bonds is 6. The predicted octanol–water partition coefficient (Wildman–Crippen LogP) is 2.80. The van der Waals surface area contributed by atoms with E-state index in [9.17, 15) is 4.79 Å². The van der Waals surface area contributed by atoms with Crippen molar-refractivity contribution >= 4 is 5.91 Å². The van der Waals surface area contributed by atoms with Gasteiger partial charge < -0.3 is 14.9 Å². The van der Waals surface area contributed by atoms with E-state index >= 15 is 0 Å². The van der Waals surface area contributed by atoms with Crippen molar-refractivity contribution in [3.63, 3.8) is 0 Å². The molecule has 0 aliphatic heterocycles. The minimum atomic E-state index is -0.255. The first-order chi connectivity index (χ1) is 10.3. The van der Waals surface area contributed by atoms with Crippen molar-refractivity contribution in [2.24, 2.45) is 0 Å². The fourth-order valence-corrected chi connectivity index (χ4v) is 1.77. The number of hydrogen-bond acceptors (Lipinski definition) is 2. The first-order valence-corrected chi connectivity index (χ1v) is 6.63. The molecule has 106 valence electrons. The first kappa shape index (κ1) is 14.6. The molecule has 0 aromatic heterocycles. The normalized spacial score (nSPS) is 9.67. The smallest absolute Gasteiger partial charge is 0.300 e. The summed E-state index contributed by atoms with van der Waals surface area (Å²) >= 11 is 0. The molecule has 1 amide bonds. The molecule has 0 spiro atoms. The Morgan fingerprint density at radius 3 is 2.43 bits per heavy atom. The summed E-state index contributed by atoms with van der Waals surface area (Å²) in [6.07, 6.45) is 0. The summed E-state index contributed by atoms with van der Waals surface area (Å²) in [7, 11) is 0. The Kier molecular flexibility index (Phi) is 5.36. The van der Waals surface area contributed by atoms with E-state index < -0.39 is 0 Å². The van der Waals surface area contributed by atoms with Gasteiger partial charge in [0.25, 0.3) is 12.5 Å². The van der Waals surface area contributed by atoms with Crippen LogP contribution in [-0.4, -0.2) is 12.5 Å². The van der Waals surface area contributed by atoms with Crippen molar-refractivity contribution in [1.29, 1.82) is 0 Å². The topological polar surface area (TPSA) is 42.7 Å². The zero-order valence-corrected chi connectivity index (χ0v) is 11.6. The largest absolute Gasteiger partial charge is 0.489 e. The molecule has 0 radical (unpaired) electrons. The van der Waals surface area contributed by atoms with Crippen molar-refractivity contribution in [3.05, 3.63) is 77.1 Å². The Morgan fingerprint density at radius 1 is 1.05 bits per heavy atom. The van der Waals surface area contributed by atoms with Gasteiger partial charge in [0.05, 0.1) is 0 Å². The number of benzene rings is 2. The zero-order valence-electron chi connectivity index (χ0n) is 11.6. The molecule has 0 saturated heterocycles. The van der Waals surface area contributed by atoms with Gasteiger partial charge in [-0.25, -0.2) is 6.57 Å². The first-order valence-electron chi connectivity index (χ1n) is 6.63. The third kappa shape index (κ3) is 5.00. The van der Waals surface area contributed by atoms with Crippen LogP contribution >= 0.6 is 0 Å². The van der Waals surface area contributed by atoms with E-state index in [0.29, 0.717) is 13.2 Å². The van der Waals surface area contributed by atoms with Gasteiger partial charge in [-0.2, -0.15) is 0 Å². The number of amides is 1. The summed E-state index contributed by atoms with van der Waals surface area (Å²) in [6, 6.07) is 17.5. The van der Waals surface area contributed by atoms with E-state index in [4.69, 9.17) is 11.3 Å². The molecule has 0 aliphatic rings. The third-order valence-electron chi connectivity index (χ3n) is 2.88. The molecular formula is C17H16N2O2. The maximum Gasteiger partial charge on any atom is 0.300 e. The molecular weight excluding hydrogens is 264 g/mol. The van der Waals surface area contributed by atoms with E-state index in [0.717, 1.165) is 16.9 Å². The molecule has 2 aromatic carbocycles. The van der Waals surface area contributed by atoms with Gasteiger partial charge in [-0.05, 0) is 23.3 Å². The summed E-state index contributed by atoms with van der Waals surface area (Å²) in [6.45, 7) is 7.44. The lowest BCUT2D eigenvalue weighted by molar-refractivity contribution is -0.119. The van der Waals surface area contributed by atoms with Crippen LogP contribution in [-0.2, 0) is 17.9 Å². The number of ether oxygens (including phenoxy) is 1. The summed E-state index contributed by atoms with van der Waals surface area (Å²) in [5.41, 5.74) is 2.09. The van der Waals surface area contributed by atoms with Gasteiger partial charge in [0.1, 0.15) is 12.4 Å². The van der Waals surface area contributed by atoms with Crippen LogP contribution in [0.15, 0.2) is 54.6 Å². The maximum absolute atomic E-state index is 11.2. The van der Waals surface area contributed by atoms with Gasteiger partial charge in [0, 0.05) is 6.54 Å². The molecule has 0 atom stereocenters. The molecule has 2 rings (SSSR count). The van der Waals surface area contributed by atoms with Crippen molar-refractivity contribution in [2.75, 3.05) is 6.54 Å². The lowest BCUT2D eigenvalue weighted by Crippen LogP contribution is -2.24. The average molecular weight is 280 g/mol. The molecule has 2 aromatic rings. The Balaban J connectivity index is 1.82. The van der Waals surface area contributed by atoms with Gasteiger partial charge in [-0.15, -0.1) is 0 Å². The highest BCUT2D eigenvalue weighted by Gasteiger charge is 2.03. The number of carbonyl (C=O) groups excluding carboxylic acids is 1. The summed E-state index contributed by atoms with van der Waals surface area (Å²) < 4.78 is 5.68. The van der Waals surface area contributed by atoms with Crippen molar-refractivity contribution < 1.29 is 9.53 Å². The number of carbonyl (C=O) groups is 1. The second-order valence-corrected chi connectivity index (χ2v) is 4.51.